The van der Waals surface area contributed by atoms with E-state index in [1.54, 1.807) is 12.4 Å². The van der Waals surface area contributed by atoms with Crippen LogP contribution in [0.3, 0.4) is 0 Å². The van der Waals surface area contributed by atoms with Crippen molar-refractivity contribution < 1.29 is 9.47 Å². The summed E-state index contributed by atoms with van der Waals surface area (Å²) in [6.07, 6.45) is 19.2. The van der Waals surface area contributed by atoms with Crippen LogP contribution in [0, 0.1) is 18.8 Å². The van der Waals surface area contributed by atoms with Gasteiger partial charge in [-0.25, -0.2) is 9.97 Å². The van der Waals surface area contributed by atoms with Gasteiger partial charge in [0.25, 0.3) is 0 Å². The molecule has 33 heavy (non-hydrogen) atoms. The molecule has 4 nitrogen and oxygen atoms in total. The van der Waals surface area contributed by atoms with Crippen molar-refractivity contribution in [3.8, 4) is 22.9 Å². The lowest BCUT2D eigenvalue weighted by Gasteiger charge is -2.28. The number of aromatic nitrogens is 2. The summed E-state index contributed by atoms with van der Waals surface area (Å²) in [6, 6.07) is 6.26. The molecule has 1 aromatic carbocycles. The molecule has 1 aromatic heterocycles. The van der Waals surface area contributed by atoms with E-state index in [0.29, 0.717) is 5.92 Å². The molecule has 0 radical (unpaired) electrons. The van der Waals surface area contributed by atoms with Crippen molar-refractivity contribution in [3.63, 3.8) is 0 Å². The first-order chi connectivity index (χ1) is 16.2. The number of hydrogen-bond acceptors (Lipinski definition) is 4. The zero-order valence-electron chi connectivity index (χ0n) is 21.2. The van der Waals surface area contributed by atoms with Gasteiger partial charge in [0.2, 0.25) is 0 Å². The van der Waals surface area contributed by atoms with Crippen LogP contribution in [0.25, 0.3) is 11.4 Å². The third kappa shape index (κ3) is 8.64. The minimum atomic E-state index is 0.699. The van der Waals surface area contributed by atoms with Crippen LogP contribution in [-0.4, -0.2) is 23.2 Å². The van der Waals surface area contributed by atoms with E-state index < -0.39 is 0 Å². The molecule has 0 aliphatic heterocycles. The minimum Gasteiger partial charge on any atom is -0.493 e. The molecule has 0 N–H and O–H groups in total. The van der Waals surface area contributed by atoms with Gasteiger partial charge in [0.1, 0.15) is 5.75 Å². The number of aryl methyl sites for hydroxylation is 1. The van der Waals surface area contributed by atoms with Gasteiger partial charge < -0.3 is 9.47 Å². The van der Waals surface area contributed by atoms with Crippen LogP contribution in [-0.2, 0) is 0 Å². The van der Waals surface area contributed by atoms with Gasteiger partial charge in [0, 0.05) is 5.56 Å². The van der Waals surface area contributed by atoms with E-state index >= 15 is 0 Å². The van der Waals surface area contributed by atoms with Crippen molar-refractivity contribution in [3.05, 3.63) is 36.2 Å². The highest BCUT2D eigenvalue weighted by Crippen LogP contribution is 2.32. The summed E-state index contributed by atoms with van der Waals surface area (Å²) < 4.78 is 12.0. The molecule has 1 fully saturated rings. The number of unbranched alkanes of at least 4 members (excludes halogenated alkanes) is 5. The summed E-state index contributed by atoms with van der Waals surface area (Å²) in [5.74, 6) is 4.10. The SMILES string of the molecule is CCCCCCCCOc1cnc(-c2ccc(OCC3CCC(CCC)CC3)c(C)c2)nc1. The Labute approximate surface area is 201 Å². The number of rotatable bonds is 14. The fourth-order valence-electron chi connectivity index (χ4n) is 4.87. The van der Waals surface area contributed by atoms with Gasteiger partial charge in [0.15, 0.2) is 11.6 Å². The topological polar surface area (TPSA) is 44.2 Å². The van der Waals surface area contributed by atoms with Gasteiger partial charge >= 0.3 is 0 Å². The maximum atomic E-state index is 6.21. The second-order valence-corrected chi connectivity index (χ2v) is 9.83. The normalized spacial score (nSPS) is 18.3. The fraction of sp³-hybridized carbons (Fsp3) is 0.655. The Morgan fingerprint density at radius 3 is 2.21 bits per heavy atom. The second kappa shape index (κ2) is 14.2. The molecule has 182 valence electrons. The van der Waals surface area contributed by atoms with Crippen molar-refractivity contribution in [2.24, 2.45) is 11.8 Å². The molecule has 1 aliphatic carbocycles. The summed E-state index contributed by atoms with van der Waals surface area (Å²) in [7, 11) is 0. The molecular weight excluding hydrogens is 408 g/mol. The smallest absolute Gasteiger partial charge is 0.159 e. The van der Waals surface area contributed by atoms with E-state index in [4.69, 9.17) is 9.47 Å². The summed E-state index contributed by atoms with van der Waals surface area (Å²) in [5.41, 5.74) is 2.15. The highest BCUT2D eigenvalue weighted by atomic mass is 16.5. The van der Waals surface area contributed by atoms with E-state index in [2.05, 4.69) is 48.9 Å². The lowest BCUT2D eigenvalue weighted by Crippen LogP contribution is -2.20. The minimum absolute atomic E-state index is 0.699. The monoisotopic (exact) mass is 452 g/mol. The lowest BCUT2D eigenvalue weighted by molar-refractivity contribution is 0.178. The van der Waals surface area contributed by atoms with Gasteiger partial charge in [-0.05, 0) is 61.8 Å². The zero-order valence-corrected chi connectivity index (χ0v) is 21.2. The van der Waals surface area contributed by atoms with Crippen LogP contribution in [0.15, 0.2) is 30.6 Å². The number of nitrogens with zero attached hydrogens (tertiary/aromatic N) is 2. The Morgan fingerprint density at radius 1 is 0.818 bits per heavy atom. The molecule has 0 saturated heterocycles. The van der Waals surface area contributed by atoms with E-state index in [9.17, 15) is 0 Å². The van der Waals surface area contributed by atoms with E-state index in [1.807, 2.05) is 0 Å². The van der Waals surface area contributed by atoms with Crippen molar-refractivity contribution in [2.75, 3.05) is 13.2 Å². The van der Waals surface area contributed by atoms with E-state index in [-0.39, 0.29) is 0 Å². The van der Waals surface area contributed by atoms with Crippen molar-refractivity contribution in [1.29, 1.82) is 0 Å². The Bertz CT molecular complexity index is 798. The largest absolute Gasteiger partial charge is 0.493 e. The molecule has 0 amide bonds. The summed E-state index contributed by atoms with van der Waals surface area (Å²) in [4.78, 5) is 9.05. The Kier molecular flexibility index (Phi) is 11.0. The van der Waals surface area contributed by atoms with Crippen LogP contribution < -0.4 is 9.47 Å². The molecule has 2 aromatic rings. The van der Waals surface area contributed by atoms with Crippen LogP contribution in [0.4, 0.5) is 0 Å². The average molecular weight is 453 g/mol. The Morgan fingerprint density at radius 2 is 1.52 bits per heavy atom. The molecule has 0 bridgehead atoms. The standard InChI is InChI=1S/C29H44N2O2/c1-4-6-7-8-9-10-18-32-27-20-30-29(31-21-27)26-16-17-28(23(3)19-26)33-22-25-14-12-24(11-5-2)13-15-25/h16-17,19-21,24-25H,4-15,18,22H2,1-3H3. The van der Waals surface area contributed by atoms with Gasteiger partial charge in [-0.3, -0.25) is 0 Å². The summed E-state index contributed by atoms with van der Waals surface area (Å²) in [6.45, 7) is 8.22. The van der Waals surface area contributed by atoms with Crippen molar-refractivity contribution in [1.82, 2.24) is 9.97 Å². The highest BCUT2D eigenvalue weighted by Gasteiger charge is 2.21. The third-order valence-corrected chi connectivity index (χ3v) is 6.97. The third-order valence-electron chi connectivity index (χ3n) is 6.97. The van der Waals surface area contributed by atoms with Gasteiger partial charge in [-0.1, -0.05) is 71.6 Å². The van der Waals surface area contributed by atoms with Gasteiger partial charge in [-0.15, -0.1) is 0 Å². The van der Waals surface area contributed by atoms with Crippen LogP contribution >= 0.6 is 0 Å². The zero-order chi connectivity index (χ0) is 23.3. The maximum Gasteiger partial charge on any atom is 0.159 e. The van der Waals surface area contributed by atoms with E-state index in [0.717, 1.165) is 54.0 Å². The van der Waals surface area contributed by atoms with E-state index in [1.165, 1.54) is 70.6 Å². The molecule has 0 spiro atoms. The first kappa shape index (κ1) is 25.5. The maximum absolute atomic E-state index is 6.21. The highest BCUT2D eigenvalue weighted by molar-refractivity contribution is 5.58. The quantitative estimate of drug-likeness (QED) is 0.271. The van der Waals surface area contributed by atoms with Gasteiger partial charge in [0.05, 0.1) is 25.6 Å². The number of hydrogen-bond donors (Lipinski definition) is 0. The number of ether oxygens (including phenoxy) is 2. The van der Waals surface area contributed by atoms with Crippen LogP contribution in [0.2, 0.25) is 0 Å². The van der Waals surface area contributed by atoms with Gasteiger partial charge in [-0.2, -0.15) is 0 Å². The Hall–Kier alpha value is -2.10. The predicted molar refractivity (Wildman–Crippen MR) is 137 cm³/mol. The molecule has 3 rings (SSSR count). The lowest BCUT2D eigenvalue weighted by atomic mass is 9.80. The average Bonchev–Trinajstić information content (AvgIpc) is 2.84. The fourth-order valence-corrected chi connectivity index (χ4v) is 4.87. The molecule has 0 unspecified atom stereocenters. The Balaban J connectivity index is 1.42. The van der Waals surface area contributed by atoms with Crippen molar-refractivity contribution in [2.45, 2.75) is 97.8 Å². The molecule has 1 saturated carbocycles. The van der Waals surface area contributed by atoms with Crippen molar-refractivity contribution >= 4 is 0 Å². The first-order valence-corrected chi connectivity index (χ1v) is 13.4. The molecule has 1 aliphatic rings. The first-order valence-electron chi connectivity index (χ1n) is 13.4. The van der Waals surface area contributed by atoms with Crippen LogP contribution in [0.5, 0.6) is 11.5 Å². The predicted octanol–water partition coefficient (Wildman–Crippen LogP) is 8.18. The molecular formula is C29H44N2O2. The second-order valence-electron chi connectivity index (χ2n) is 9.83. The summed E-state index contributed by atoms with van der Waals surface area (Å²) >= 11 is 0. The molecule has 4 heteroatoms. The molecule has 1 heterocycles. The molecule has 0 atom stereocenters. The number of benzene rings is 1. The summed E-state index contributed by atoms with van der Waals surface area (Å²) in [5, 5.41) is 0. The van der Waals surface area contributed by atoms with Crippen LogP contribution in [0.1, 0.15) is 96.5 Å².